The van der Waals surface area contributed by atoms with Crippen molar-refractivity contribution in [1.82, 2.24) is 0 Å². The first-order valence-corrected chi connectivity index (χ1v) is 5.52. The van der Waals surface area contributed by atoms with Crippen molar-refractivity contribution in [3.8, 4) is 0 Å². The van der Waals surface area contributed by atoms with E-state index in [-0.39, 0.29) is 0 Å². The van der Waals surface area contributed by atoms with Gasteiger partial charge in [0.15, 0.2) is 0 Å². The lowest BCUT2D eigenvalue weighted by Gasteiger charge is -1.98. The molecule has 0 unspecified atom stereocenters. The van der Waals surface area contributed by atoms with Gasteiger partial charge in [-0.3, -0.25) is 0 Å². The molecule has 0 fully saturated rings. The molecule has 0 radical (unpaired) electrons. The van der Waals surface area contributed by atoms with Crippen LogP contribution in [0.4, 0.5) is 5.69 Å². The number of nitrogens with one attached hydrogen (secondary N) is 1. The second kappa shape index (κ2) is 5.78. The van der Waals surface area contributed by atoms with Crippen LogP contribution in [0.3, 0.4) is 0 Å². The van der Waals surface area contributed by atoms with Crippen molar-refractivity contribution in [1.29, 1.82) is 0 Å². The van der Waals surface area contributed by atoms with Crippen molar-refractivity contribution in [2.45, 2.75) is 0 Å². The van der Waals surface area contributed by atoms with E-state index >= 15 is 0 Å². The molecule has 0 bridgehead atoms. The average Bonchev–Trinajstić information content (AvgIpc) is 2.19. The molecule has 0 aromatic heterocycles. The highest BCUT2D eigenvalue weighted by molar-refractivity contribution is 8.23. The number of benzene rings is 1. The molecule has 1 N–H and O–H groups in total. The summed E-state index contributed by atoms with van der Waals surface area (Å²) in [5.41, 5.74) is 1.07. The molecule has 0 aliphatic heterocycles. The molecule has 0 amide bonds. The molecule has 68 valence electrons. The highest BCUT2D eigenvalue weighted by Gasteiger charge is 1.85. The van der Waals surface area contributed by atoms with E-state index in [0.717, 1.165) is 9.88 Å². The molecule has 1 aromatic rings. The summed E-state index contributed by atoms with van der Waals surface area (Å²) in [5.74, 6) is 0. The minimum Gasteiger partial charge on any atom is -0.362 e. The number of hydrogen-bond acceptors (Lipinski definition) is 3. The van der Waals surface area contributed by atoms with E-state index in [2.05, 4.69) is 5.32 Å². The smallest absolute Gasteiger partial charge is 0.0717 e. The van der Waals surface area contributed by atoms with Gasteiger partial charge in [0.25, 0.3) is 0 Å². The SMILES string of the molecule is CSC(=S)C=CNc1ccccc1. The molecule has 0 heterocycles. The maximum Gasteiger partial charge on any atom is 0.0717 e. The first-order valence-electron chi connectivity index (χ1n) is 3.89. The lowest BCUT2D eigenvalue weighted by atomic mass is 10.3. The Kier molecular flexibility index (Phi) is 4.57. The zero-order valence-corrected chi connectivity index (χ0v) is 8.99. The Morgan fingerprint density at radius 2 is 2.08 bits per heavy atom. The van der Waals surface area contributed by atoms with Crippen molar-refractivity contribution < 1.29 is 0 Å². The Morgan fingerprint density at radius 1 is 1.38 bits per heavy atom. The number of thioether (sulfide) groups is 1. The third kappa shape index (κ3) is 4.10. The maximum absolute atomic E-state index is 5.01. The molecule has 0 spiro atoms. The lowest BCUT2D eigenvalue weighted by molar-refractivity contribution is 1.59. The molecule has 0 saturated heterocycles. The first-order chi connectivity index (χ1) is 6.33. The van der Waals surface area contributed by atoms with E-state index < -0.39 is 0 Å². The summed E-state index contributed by atoms with van der Waals surface area (Å²) in [5, 5.41) is 3.13. The lowest BCUT2D eigenvalue weighted by Crippen LogP contribution is -1.87. The van der Waals surface area contributed by atoms with Crippen molar-refractivity contribution in [2.75, 3.05) is 11.6 Å². The molecule has 0 atom stereocenters. The van der Waals surface area contributed by atoms with Crippen LogP contribution in [0.2, 0.25) is 0 Å². The van der Waals surface area contributed by atoms with Gasteiger partial charge in [-0.15, -0.1) is 11.8 Å². The largest absolute Gasteiger partial charge is 0.362 e. The fourth-order valence-electron chi connectivity index (χ4n) is 0.808. The molecule has 0 aliphatic carbocycles. The average molecular weight is 209 g/mol. The minimum absolute atomic E-state index is 0.878. The number of thiocarbonyl (C=S) groups is 1. The van der Waals surface area contributed by atoms with E-state index in [0.29, 0.717) is 0 Å². The zero-order valence-electron chi connectivity index (χ0n) is 7.36. The maximum atomic E-state index is 5.01. The Labute approximate surface area is 88.2 Å². The van der Waals surface area contributed by atoms with Crippen LogP contribution in [-0.2, 0) is 0 Å². The summed E-state index contributed by atoms with van der Waals surface area (Å²) in [6.07, 6.45) is 5.70. The Bertz CT molecular complexity index is 293. The third-order valence-corrected chi connectivity index (χ3v) is 2.62. The predicted octanol–water partition coefficient (Wildman–Crippen LogP) is 3.30. The normalized spacial score (nSPS) is 10.2. The summed E-state index contributed by atoms with van der Waals surface area (Å²) >= 11 is 6.57. The van der Waals surface area contributed by atoms with Crippen LogP contribution in [-0.4, -0.2) is 10.5 Å². The number of anilines is 1. The highest BCUT2D eigenvalue weighted by atomic mass is 32.2. The monoisotopic (exact) mass is 209 g/mol. The van der Waals surface area contributed by atoms with Gasteiger partial charge in [-0.25, -0.2) is 0 Å². The molecule has 0 aliphatic rings. The van der Waals surface area contributed by atoms with E-state index in [1.807, 2.05) is 48.9 Å². The van der Waals surface area contributed by atoms with Gasteiger partial charge >= 0.3 is 0 Å². The fraction of sp³-hybridized carbons (Fsp3) is 0.100. The second-order valence-corrected chi connectivity index (χ2v) is 3.91. The van der Waals surface area contributed by atoms with Crippen LogP contribution in [0.15, 0.2) is 42.6 Å². The summed E-state index contributed by atoms with van der Waals surface area (Å²) in [7, 11) is 0. The Hall–Kier alpha value is -0.800. The predicted molar refractivity (Wildman–Crippen MR) is 65.3 cm³/mol. The molecular formula is C10H11NS2. The van der Waals surface area contributed by atoms with Crippen molar-refractivity contribution in [2.24, 2.45) is 0 Å². The van der Waals surface area contributed by atoms with Gasteiger partial charge in [-0.2, -0.15) is 0 Å². The summed E-state index contributed by atoms with van der Waals surface area (Å²) in [6, 6.07) is 9.98. The molecule has 13 heavy (non-hydrogen) atoms. The van der Waals surface area contributed by atoms with Crippen molar-refractivity contribution in [3.63, 3.8) is 0 Å². The number of hydrogen-bond donors (Lipinski definition) is 1. The zero-order chi connectivity index (χ0) is 9.52. The summed E-state index contributed by atoms with van der Waals surface area (Å²) in [6.45, 7) is 0. The summed E-state index contributed by atoms with van der Waals surface area (Å²) < 4.78 is 0.878. The van der Waals surface area contributed by atoms with Crippen LogP contribution in [0.25, 0.3) is 0 Å². The van der Waals surface area contributed by atoms with Gasteiger partial charge in [0.1, 0.15) is 0 Å². The van der Waals surface area contributed by atoms with Crippen LogP contribution in [0.1, 0.15) is 0 Å². The number of rotatable bonds is 3. The van der Waals surface area contributed by atoms with Gasteiger partial charge in [0.2, 0.25) is 0 Å². The highest BCUT2D eigenvalue weighted by Crippen LogP contribution is 2.05. The molecule has 1 nitrogen and oxygen atoms in total. The molecule has 1 aromatic carbocycles. The summed E-state index contributed by atoms with van der Waals surface area (Å²) in [4.78, 5) is 0. The molecule has 1 rings (SSSR count). The molecule has 3 heteroatoms. The van der Waals surface area contributed by atoms with Crippen molar-refractivity contribution in [3.05, 3.63) is 42.6 Å². The fourth-order valence-corrected chi connectivity index (χ4v) is 1.08. The molecular weight excluding hydrogens is 198 g/mol. The third-order valence-electron chi connectivity index (χ3n) is 1.44. The quantitative estimate of drug-likeness (QED) is 0.606. The first kappa shape index (κ1) is 10.3. The van der Waals surface area contributed by atoms with Crippen LogP contribution in [0, 0.1) is 0 Å². The standard InChI is InChI=1S/C10H11NS2/c1-13-10(12)7-8-11-9-5-3-2-4-6-9/h2-8,11H,1H3. The second-order valence-electron chi connectivity index (χ2n) is 2.37. The Balaban J connectivity index is 2.44. The number of para-hydroxylation sites is 1. The van der Waals surface area contributed by atoms with E-state index in [1.54, 1.807) is 11.8 Å². The van der Waals surface area contributed by atoms with Crippen LogP contribution >= 0.6 is 24.0 Å². The van der Waals surface area contributed by atoms with Gasteiger partial charge in [-0.05, 0) is 24.5 Å². The van der Waals surface area contributed by atoms with Gasteiger partial charge < -0.3 is 5.32 Å². The van der Waals surface area contributed by atoms with Gasteiger partial charge in [0.05, 0.1) is 4.20 Å². The minimum atomic E-state index is 0.878. The van der Waals surface area contributed by atoms with E-state index in [9.17, 15) is 0 Å². The van der Waals surface area contributed by atoms with E-state index in [4.69, 9.17) is 12.2 Å². The van der Waals surface area contributed by atoms with Crippen LogP contribution in [0.5, 0.6) is 0 Å². The van der Waals surface area contributed by atoms with Gasteiger partial charge in [-0.1, -0.05) is 30.4 Å². The van der Waals surface area contributed by atoms with Crippen molar-refractivity contribution >= 4 is 33.9 Å². The van der Waals surface area contributed by atoms with E-state index in [1.165, 1.54) is 0 Å². The Morgan fingerprint density at radius 3 is 2.69 bits per heavy atom. The van der Waals surface area contributed by atoms with Crippen LogP contribution < -0.4 is 5.32 Å². The van der Waals surface area contributed by atoms with Gasteiger partial charge in [0, 0.05) is 11.9 Å². The topological polar surface area (TPSA) is 12.0 Å². The molecule has 0 saturated carbocycles.